The van der Waals surface area contributed by atoms with Gasteiger partial charge < -0.3 is 15.2 Å². The molecule has 2 aromatic rings. The molecule has 2 N–H and O–H groups in total. The minimum Gasteiger partial charge on any atom is -0.373 e. The molecule has 0 radical (unpaired) electrons. The van der Waals surface area contributed by atoms with E-state index in [1.165, 1.54) is 0 Å². The van der Waals surface area contributed by atoms with E-state index in [1.54, 1.807) is 31.7 Å². The Hall–Kier alpha value is -2.08. The molecule has 0 unspecified atom stereocenters. The zero-order valence-electron chi connectivity index (χ0n) is 11.8. The number of nitrogens with zero attached hydrogens (tertiary/aromatic N) is 3. The van der Waals surface area contributed by atoms with Crippen LogP contribution in [0.4, 0.5) is 5.82 Å². The van der Waals surface area contributed by atoms with Crippen LogP contribution in [0.2, 0.25) is 5.15 Å². The number of halogens is 1. The molecule has 0 saturated carbocycles. The van der Waals surface area contributed by atoms with Crippen molar-refractivity contribution in [3.8, 4) is 0 Å². The molecule has 0 bridgehead atoms. The van der Waals surface area contributed by atoms with Crippen LogP contribution in [0.5, 0.6) is 0 Å². The summed E-state index contributed by atoms with van der Waals surface area (Å²) in [6, 6.07) is 3.23. The molecule has 112 valence electrons. The number of hydrogen-bond donors (Lipinski definition) is 2. The molecule has 6 nitrogen and oxygen atoms in total. The van der Waals surface area contributed by atoms with Crippen molar-refractivity contribution in [3.63, 3.8) is 0 Å². The second kappa shape index (κ2) is 7.64. The summed E-state index contributed by atoms with van der Waals surface area (Å²) in [5, 5.41) is 6.05. The summed E-state index contributed by atoms with van der Waals surface area (Å²) in [7, 11) is 1.73. The standard InChI is InChI=1S/C14H18ClN5O/c1-16-13-9-11(8-12(15)19-13)14(21)18-4-2-3-6-20-7-5-17-10-20/h5,7-10H,2-4,6H2,1H3,(H,16,19)(H,18,21). The first-order valence-electron chi connectivity index (χ1n) is 6.78. The summed E-state index contributed by atoms with van der Waals surface area (Å²) in [4.78, 5) is 20.0. The fourth-order valence-corrected chi connectivity index (χ4v) is 2.11. The number of aromatic nitrogens is 3. The van der Waals surface area contributed by atoms with Gasteiger partial charge in [0, 0.05) is 38.1 Å². The Morgan fingerprint density at radius 2 is 2.24 bits per heavy atom. The van der Waals surface area contributed by atoms with Gasteiger partial charge in [-0.3, -0.25) is 4.79 Å². The number of anilines is 1. The zero-order valence-corrected chi connectivity index (χ0v) is 12.6. The van der Waals surface area contributed by atoms with E-state index in [1.807, 2.05) is 10.8 Å². The molecule has 0 atom stereocenters. The van der Waals surface area contributed by atoms with E-state index < -0.39 is 0 Å². The maximum atomic E-state index is 12.0. The lowest BCUT2D eigenvalue weighted by atomic mass is 10.2. The van der Waals surface area contributed by atoms with Crippen molar-refractivity contribution in [2.75, 3.05) is 18.9 Å². The Bertz CT molecular complexity index is 585. The van der Waals surface area contributed by atoms with Crippen molar-refractivity contribution < 1.29 is 4.79 Å². The highest BCUT2D eigenvalue weighted by atomic mass is 35.5. The minimum atomic E-state index is -0.140. The molecule has 2 heterocycles. The number of imidazole rings is 1. The minimum absolute atomic E-state index is 0.140. The van der Waals surface area contributed by atoms with Crippen molar-refractivity contribution in [1.82, 2.24) is 19.9 Å². The first-order valence-corrected chi connectivity index (χ1v) is 7.16. The molecule has 7 heteroatoms. The molecular weight excluding hydrogens is 290 g/mol. The fourth-order valence-electron chi connectivity index (χ4n) is 1.90. The van der Waals surface area contributed by atoms with Crippen LogP contribution in [0.1, 0.15) is 23.2 Å². The Morgan fingerprint density at radius 3 is 2.95 bits per heavy atom. The normalized spacial score (nSPS) is 10.4. The van der Waals surface area contributed by atoms with Crippen LogP contribution in [0.3, 0.4) is 0 Å². The number of unbranched alkanes of at least 4 members (excludes halogenated alkanes) is 1. The summed E-state index contributed by atoms with van der Waals surface area (Å²) in [5.41, 5.74) is 0.508. The van der Waals surface area contributed by atoms with Crippen molar-refractivity contribution >= 4 is 23.3 Å². The zero-order chi connectivity index (χ0) is 15.1. The quantitative estimate of drug-likeness (QED) is 0.607. The van der Waals surface area contributed by atoms with E-state index in [0.717, 1.165) is 19.4 Å². The second-order valence-corrected chi connectivity index (χ2v) is 4.96. The van der Waals surface area contributed by atoms with Gasteiger partial charge in [-0.25, -0.2) is 9.97 Å². The Balaban J connectivity index is 1.75. The number of rotatable bonds is 7. The average molecular weight is 308 g/mol. The van der Waals surface area contributed by atoms with Crippen LogP contribution in [0.25, 0.3) is 0 Å². The van der Waals surface area contributed by atoms with E-state index in [-0.39, 0.29) is 5.91 Å². The number of carbonyl (C=O) groups excluding carboxylic acids is 1. The predicted molar refractivity (Wildman–Crippen MR) is 82.6 cm³/mol. The van der Waals surface area contributed by atoms with E-state index in [4.69, 9.17) is 11.6 Å². The van der Waals surface area contributed by atoms with Crippen molar-refractivity contribution in [3.05, 3.63) is 41.6 Å². The van der Waals surface area contributed by atoms with Gasteiger partial charge in [0.25, 0.3) is 5.91 Å². The third-order valence-electron chi connectivity index (χ3n) is 3.00. The molecule has 2 rings (SSSR count). The molecule has 0 aromatic carbocycles. The van der Waals surface area contributed by atoms with Crippen molar-refractivity contribution in [1.29, 1.82) is 0 Å². The highest BCUT2D eigenvalue weighted by molar-refractivity contribution is 6.29. The lowest BCUT2D eigenvalue weighted by molar-refractivity contribution is 0.0953. The van der Waals surface area contributed by atoms with E-state index in [9.17, 15) is 4.79 Å². The number of hydrogen-bond acceptors (Lipinski definition) is 4. The first-order chi connectivity index (χ1) is 10.2. The van der Waals surface area contributed by atoms with E-state index in [0.29, 0.717) is 23.1 Å². The van der Waals surface area contributed by atoms with Crippen LogP contribution in [-0.4, -0.2) is 34.0 Å². The second-order valence-electron chi connectivity index (χ2n) is 4.58. The summed E-state index contributed by atoms with van der Waals surface area (Å²) >= 11 is 5.87. The fraction of sp³-hybridized carbons (Fsp3) is 0.357. The number of aryl methyl sites for hydroxylation is 1. The topological polar surface area (TPSA) is 71.8 Å². The third-order valence-corrected chi connectivity index (χ3v) is 3.19. The maximum absolute atomic E-state index is 12.0. The monoisotopic (exact) mass is 307 g/mol. The van der Waals surface area contributed by atoms with E-state index >= 15 is 0 Å². The van der Waals surface area contributed by atoms with Gasteiger partial charge in [0.15, 0.2) is 0 Å². The number of pyridine rings is 1. The Labute approximate surface area is 128 Å². The lowest BCUT2D eigenvalue weighted by Gasteiger charge is -2.07. The van der Waals surface area contributed by atoms with E-state index in [2.05, 4.69) is 20.6 Å². The highest BCUT2D eigenvalue weighted by Crippen LogP contribution is 2.14. The van der Waals surface area contributed by atoms with Gasteiger partial charge in [-0.05, 0) is 25.0 Å². The Kier molecular flexibility index (Phi) is 5.57. The molecule has 21 heavy (non-hydrogen) atoms. The molecular formula is C14H18ClN5O. The smallest absolute Gasteiger partial charge is 0.251 e. The molecule has 0 fully saturated rings. The maximum Gasteiger partial charge on any atom is 0.251 e. The average Bonchev–Trinajstić information content (AvgIpc) is 2.99. The lowest BCUT2D eigenvalue weighted by Crippen LogP contribution is -2.24. The molecule has 0 aliphatic carbocycles. The van der Waals surface area contributed by atoms with Crippen LogP contribution in [0, 0.1) is 0 Å². The van der Waals surface area contributed by atoms with Crippen LogP contribution >= 0.6 is 11.6 Å². The van der Waals surface area contributed by atoms with Crippen LogP contribution in [0.15, 0.2) is 30.9 Å². The summed E-state index contributed by atoms with van der Waals surface area (Å²) in [6.07, 6.45) is 7.36. The molecule has 0 aliphatic rings. The summed E-state index contributed by atoms with van der Waals surface area (Å²) < 4.78 is 2.02. The summed E-state index contributed by atoms with van der Waals surface area (Å²) in [6.45, 7) is 1.53. The van der Waals surface area contributed by atoms with Crippen molar-refractivity contribution in [2.24, 2.45) is 0 Å². The number of amides is 1. The first kappa shape index (κ1) is 15.3. The van der Waals surface area contributed by atoms with Gasteiger partial charge >= 0.3 is 0 Å². The van der Waals surface area contributed by atoms with Crippen molar-refractivity contribution in [2.45, 2.75) is 19.4 Å². The van der Waals surface area contributed by atoms with Crippen LogP contribution < -0.4 is 10.6 Å². The third kappa shape index (κ3) is 4.75. The molecule has 0 spiro atoms. The number of nitrogens with one attached hydrogen (secondary N) is 2. The molecule has 0 aliphatic heterocycles. The van der Waals surface area contributed by atoms with Gasteiger partial charge in [-0.2, -0.15) is 0 Å². The van der Waals surface area contributed by atoms with Crippen LogP contribution in [-0.2, 0) is 6.54 Å². The summed E-state index contributed by atoms with van der Waals surface area (Å²) in [5.74, 6) is 0.436. The molecule has 0 saturated heterocycles. The SMILES string of the molecule is CNc1cc(C(=O)NCCCCn2ccnc2)cc(Cl)n1. The van der Waals surface area contributed by atoms with Gasteiger partial charge in [0.2, 0.25) is 0 Å². The number of carbonyl (C=O) groups is 1. The van der Waals surface area contributed by atoms with Gasteiger partial charge in [-0.1, -0.05) is 11.6 Å². The predicted octanol–water partition coefficient (Wildman–Crippen LogP) is 2.18. The van der Waals surface area contributed by atoms with Gasteiger partial charge in [-0.15, -0.1) is 0 Å². The molecule has 2 aromatic heterocycles. The van der Waals surface area contributed by atoms with Gasteiger partial charge in [0.1, 0.15) is 11.0 Å². The van der Waals surface area contributed by atoms with Gasteiger partial charge in [0.05, 0.1) is 6.33 Å². The Morgan fingerprint density at radius 1 is 1.38 bits per heavy atom. The molecule has 1 amide bonds. The largest absolute Gasteiger partial charge is 0.373 e. The highest BCUT2D eigenvalue weighted by Gasteiger charge is 2.08.